The fourth-order valence-electron chi connectivity index (χ4n) is 2.45. The normalized spacial score (nSPS) is 11.3. The van der Waals surface area contributed by atoms with E-state index >= 15 is 0 Å². The third-order valence-electron chi connectivity index (χ3n) is 3.50. The summed E-state index contributed by atoms with van der Waals surface area (Å²) in [7, 11) is 0. The van der Waals surface area contributed by atoms with E-state index in [1.54, 1.807) is 30.3 Å². The number of aromatic nitrogens is 2. The van der Waals surface area contributed by atoms with Gasteiger partial charge in [-0.25, -0.2) is 4.68 Å². The van der Waals surface area contributed by atoms with Gasteiger partial charge in [0.2, 0.25) is 0 Å². The van der Waals surface area contributed by atoms with Gasteiger partial charge in [-0.2, -0.15) is 5.10 Å². The van der Waals surface area contributed by atoms with Gasteiger partial charge in [-0.15, -0.1) is 13.2 Å². The van der Waals surface area contributed by atoms with Crippen molar-refractivity contribution in [3.8, 4) is 22.6 Å². The summed E-state index contributed by atoms with van der Waals surface area (Å²) in [5.41, 5.74) is 12.1. The number of anilines is 1. The Hall–Kier alpha value is -3.49. The molecule has 0 aliphatic carbocycles. The topological polar surface area (TPSA) is 96.2 Å². The van der Waals surface area contributed by atoms with E-state index in [2.05, 4.69) is 9.84 Å². The first kappa shape index (κ1) is 17.3. The summed E-state index contributed by atoms with van der Waals surface area (Å²) >= 11 is 0. The lowest BCUT2D eigenvalue weighted by atomic mass is 10.0. The molecular weight excluding hydrogens is 349 g/mol. The number of carbonyl (C=O) groups excluding carboxylic acids is 1. The predicted molar refractivity (Wildman–Crippen MR) is 88.6 cm³/mol. The zero-order chi connectivity index (χ0) is 18.9. The van der Waals surface area contributed by atoms with Gasteiger partial charge >= 0.3 is 6.36 Å². The lowest BCUT2D eigenvalue weighted by Gasteiger charge is -2.14. The quantitative estimate of drug-likeness (QED) is 0.745. The van der Waals surface area contributed by atoms with Crippen LogP contribution in [0.2, 0.25) is 0 Å². The zero-order valence-electron chi connectivity index (χ0n) is 13.2. The van der Waals surface area contributed by atoms with Gasteiger partial charge in [-0.1, -0.05) is 30.3 Å². The maximum Gasteiger partial charge on any atom is 0.573 e. The van der Waals surface area contributed by atoms with Gasteiger partial charge in [-0.3, -0.25) is 4.79 Å². The molecule has 26 heavy (non-hydrogen) atoms. The number of rotatable bonds is 4. The van der Waals surface area contributed by atoms with E-state index in [-0.39, 0.29) is 22.8 Å². The smallest absolute Gasteiger partial charge is 0.405 e. The van der Waals surface area contributed by atoms with E-state index in [4.69, 9.17) is 11.5 Å². The molecule has 0 bridgehead atoms. The molecule has 1 aromatic heterocycles. The maximum atomic E-state index is 12.6. The molecule has 3 rings (SSSR count). The molecule has 0 unspecified atom stereocenters. The fourth-order valence-corrected chi connectivity index (χ4v) is 2.45. The van der Waals surface area contributed by atoms with Gasteiger partial charge in [-0.05, 0) is 23.8 Å². The Morgan fingerprint density at radius 2 is 1.81 bits per heavy atom. The molecule has 134 valence electrons. The number of ether oxygens (including phenoxy) is 1. The Bertz CT molecular complexity index is 967. The van der Waals surface area contributed by atoms with Crippen LogP contribution < -0.4 is 16.2 Å². The minimum Gasteiger partial charge on any atom is -0.405 e. The van der Waals surface area contributed by atoms with Crippen molar-refractivity contribution in [1.82, 2.24) is 9.78 Å². The number of hydrogen-bond acceptors (Lipinski definition) is 4. The van der Waals surface area contributed by atoms with Crippen LogP contribution in [0.1, 0.15) is 10.5 Å². The van der Waals surface area contributed by atoms with Crippen molar-refractivity contribution in [3.05, 3.63) is 60.3 Å². The van der Waals surface area contributed by atoms with Crippen LogP contribution in [0.15, 0.2) is 54.6 Å². The first-order valence-corrected chi connectivity index (χ1v) is 7.35. The highest BCUT2D eigenvalue weighted by atomic mass is 19.4. The molecule has 0 saturated carbocycles. The number of nitrogens with zero attached hydrogens (tertiary/aromatic N) is 2. The van der Waals surface area contributed by atoms with E-state index in [1.165, 1.54) is 28.9 Å². The van der Waals surface area contributed by atoms with Crippen molar-refractivity contribution in [3.63, 3.8) is 0 Å². The number of primary amides is 1. The monoisotopic (exact) mass is 362 g/mol. The van der Waals surface area contributed by atoms with Gasteiger partial charge in [0.05, 0.1) is 5.69 Å². The summed E-state index contributed by atoms with van der Waals surface area (Å²) < 4.78 is 43.2. The highest BCUT2D eigenvalue weighted by Gasteiger charge is 2.32. The number of halogens is 3. The van der Waals surface area contributed by atoms with Gasteiger partial charge in [0.15, 0.2) is 5.69 Å². The average molecular weight is 362 g/mol. The summed E-state index contributed by atoms with van der Waals surface area (Å²) in [5.74, 6) is -0.908. The first-order valence-electron chi connectivity index (χ1n) is 7.35. The van der Waals surface area contributed by atoms with Crippen molar-refractivity contribution >= 4 is 11.7 Å². The second-order valence-corrected chi connectivity index (χ2v) is 5.32. The summed E-state index contributed by atoms with van der Waals surface area (Å²) in [5, 5.41) is 4.00. The summed E-state index contributed by atoms with van der Waals surface area (Å²) in [6, 6.07) is 13.5. The van der Waals surface area contributed by atoms with Crippen LogP contribution in [0.25, 0.3) is 16.8 Å². The number of amides is 1. The van der Waals surface area contributed by atoms with Crippen LogP contribution in [0.5, 0.6) is 5.75 Å². The predicted octanol–water partition coefficient (Wildman–Crippen LogP) is 3.12. The van der Waals surface area contributed by atoms with E-state index < -0.39 is 12.3 Å². The number of nitrogens with two attached hydrogens (primary N) is 2. The van der Waals surface area contributed by atoms with Crippen molar-refractivity contribution in [2.45, 2.75) is 6.36 Å². The van der Waals surface area contributed by atoms with E-state index in [9.17, 15) is 18.0 Å². The van der Waals surface area contributed by atoms with Crippen molar-refractivity contribution in [2.75, 3.05) is 5.73 Å². The van der Waals surface area contributed by atoms with Gasteiger partial charge in [0, 0.05) is 11.6 Å². The second kappa shape index (κ2) is 6.43. The van der Waals surface area contributed by atoms with Crippen molar-refractivity contribution < 1.29 is 22.7 Å². The molecule has 1 heterocycles. The number of carbonyl (C=O) groups is 1. The number of hydrogen-bond donors (Lipinski definition) is 2. The molecule has 3 aromatic rings. The van der Waals surface area contributed by atoms with Crippen LogP contribution in [-0.2, 0) is 0 Å². The Kier molecular flexibility index (Phi) is 4.29. The van der Waals surface area contributed by atoms with E-state index in [0.717, 1.165) is 0 Å². The lowest BCUT2D eigenvalue weighted by molar-refractivity contribution is -0.274. The minimum atomic E-state index is -4.81. The molecule has 0 radical (unpaired) electrons. The summed E-state index contributed by atoms with van der Waals surface area (Å²) in [6.45, 7) is 0. The summed E-state index contributed by atoms with van der Waals surface area (Å²) in [4.78, 5) is 11.2. The molecule has 0 aliphatic rings. The zero-order valence-corrected chi connectivity index (χ0v) is 13.2. The van der Waals surface area contributed by atoms with Crippen LogP contribution in [0.3, 0.4) is 0 Å². The van der Waals surface area contributed by atoms with Crippen LogP contribution in [-0.4, -0.2) is 22.1 Å². The van der Waals surface area contributed by atoms with E-state index in [1.807, 2.05) is 0 Å². The first-order chi connectivity index (χ1) is 12.2. The number of alkyl halides is 3. The highest BCUT2D eigenvalue weighted by Crippen LogP contribution is 2.34. The Morgan fingerprint density at radius 1 is 1.08 bits per heavy atom. The van der Waals surface area contributed by atoms with Gasteiger partial charge in [0.25, 0.3) is 5.91 Å². The third kappa shape index (κ3) is 3.61. The standard InChI is InChI=1S/C17H13F3N4O2/c18-17(19,20)26-14-7-2-1-6-12(14)10-4-3-5-11(8-10)24-15(21)9-13(23-24)16(22)25/h1-9H,21H2,(H2,22,25). The van der Waals surface area contributed by atoms with Crippen LogP contribution in [0.4, 0.5) is 19.0 Å². The molecular formula is C17H13F3N4O2. The second-order valence-electron chi connectivity index (χ2n) is 5.32. The molecule has 0 aliphatic heterocycles. The van der Waals surface area contributed by atoms with Crippen molar-refractivity contribution in [2.24, 2.45) is 5.73 Å². The number of para-hydroxylation sites is 1. The Labute approximate surface area is 145 Å². The van der Waals surface area contributed by atoms with Crippen molar-refractivity contribution in [1.29, 1.82) is 0 Å². The Balaban J connectivity index is 2.05. The molecule has 0 saturated heterocycles. The SMILES string of the molecule is NC(=O)c1cc(N)n(-c2cccc(-c3ccccc3OC(F)(F)F)c2)n1. The van der Waals surface area contributed by atoms with Gasteiger partial charge in [0.1, 0.15) is 11.6 Å². The van der Waals surface area contributed by atoms with E-state index in [0.29, 0.717) is 11.3 Å². The van der Waals surface area contributed by atoms with Crippen LogP contribution in [0, 0.1) is 0 Å². The average Bonchev–Trinajstić information content (AvgIpc) is 2.96. The molecule has 6 nitrogen and oxygen atoms in total. The molecule has 9 heteroatoms. The Morgan fingerprint density at radius 3 is 2.46 bits per heavy atom. The number of benzene rings is 2. The third-order valence-corrected chi connectivity index (χ3v) is 3.50. The molecule has 4 N–H and O–H groups in total. The molecule has 0 atom stereocenters. The fraction of sp³-hybridized carbons (Fsp3) is 0.0588. The van der Waals surface area contributed by atoms with Crippen LogP contribution >= 0.6 is 0 Å². The summed E-state index contributed by atoms with van der Waals surface area (Å²) in [6.07, 6.45) is -4.81. The molecule has 2 aromatic carbocycles. The minimum absolute atomic E-state index is 0.0197. The molecule has 0 fully saturated rings. The largest absolute Gasteiger partial charge is 0.573 e. The van der Waals surface area contributed by atoms with Gasteiger partial charge < -0.3 is 16.2 Å². The lowest BCUT2D eigenvalue weighted by Crippen LogP contribution is -2.17. The maximum absolute atomic E-state index is 12.6. The number of nitrogen functional groups attached to an aromatic ring is 1. The highest BCUT2D eigenvalue weighted by molar-refractivity contribution is 5.91. The molecule has 1 amide bonds. The molecule has 0 spiro atoms.